The summed E-state index contributed by atoms with van der Waals surface area (Å²) in [5, 5.41) is 11.9. The summed E-state index contributed by atoms with van der Waals surface area (Å²) in [7, 11) is 0. The van der Waals surface area contributed by atoms with Crippen molar-refractivity contribution < 1.29 is 14.0 Å². The van der Waals surface area contributed by atoms with Crippen molar-refractivity contribution in [3.63, 3.8) is 0 Å². The molecule has 3 aromatic carbocycles. The molecule has 1 N–H and O–H groups in total. The van der Waals surface area contributed by atoms with E-state index in [0.717, 1.165) is 17.8 Å². The Morgan fingerprint density at radius 2 is 1.77 bits per heavy atom. The molecule has 0 aliphatic carbocycles. The first-order valence-electron chi connectivity index (χ1n) is 11.1. The highest BCUT2D eigenvalue weighted by Crippen LogP contribution is 2.29. The molecule has 2 amide bonds. The zero-order chi connectivity index (χ0) is 24.2. The van der Waals surface area contributed by atoms with Gasteiger partial charge in [-0.3, -0.25) is 14.2 Å². The van der Waals surface area contributed by atoms with Crippen molar-refractivity contribution >= 4 is 29.3 Å². The maximum atomic E-state index is 13.5. The van der Waals surface area contributed by atoms with Crippen molar-refractivity contribution in [3.8, 4) is 5.69 Å². The van der Waals surface area contributed by atoms with E-state index < -0.39 is 11.7 Å². The Balaban J connectivity index is 1.33. The third kappa shape index (κ3) is 4.95. The van der Waals surface area contributed by atoms with Crippen LogP contribution in [0.25, 0.3) is 5.69 Å². The average molecular weight is 488 g/mol. The van der Waals surface area contributed by atoms with Gasteiger partial charge in [0.1, 0.15) is 5.82 Å². The lowest BCUT2D eigenvalue weighted by molar-refractivity contribution is -0.116. The summed E-state index contributed by atoms with van der Waals surface area (Å²) in [5.74, 6) is -0.182. The van der Waals surface area contributed by atoms with E-state index in [2.05, 4.69) is 15.5 Å². The van der Waals surface area contributed by atoms with Gasteiger partial charge < -0.3 is 10.2 Å². The molecule has 176 valence electrons. The Hall–Kier alpha value is -3.98. The van der Waals surface area contributed by atoms with Crippen LogP contribution in [0, 0.1) is 5.82 Å². The van der Waals surface area contributed by atoms with Crippen LogP contribution in [-0.4, -0.2) is 38.9 Å². The summed E-state index contributed by atoms with van der Waals surface area (Å²) < 4.78 is 15.3. The molecular formula is C26H22FN5O2S. The lowest BCUT2D eigenvalue weighted by Crippen LogP contribution is -2.30. The molecule has 35 heavy (non-hydrogen) atoms. The quantitative estimate of drug-likeness (QED) is 0.399. The van der Waals surface area contributed by atoms with Gasteiger partial charge in [0, 0.05) is 23.5 Å². The average Bonchev–Trinajstić information content (AvgIpc) is 3.50. The molecule has 0 saturated carbocycles. The van der Waals surface area contributed by atoms with Gasteiger partial charge in [0.05, 0.1) is 12.3 Å². The van der Waals surface area contributed by atoms with Gasteiger partial charge in [-0.15, -0.1) is 10.2 Å². The van der Waals surface area contributed by atoms with Crippen LogP contribution in [0.3, 0.4) is 0 Å². The monoisotopic (exact) mass is 487 g/mol. The number of halogens is 1. The van der Waals surface area contributed by atoms with Crippen molar-refractivity contribution in [3.05, 3.63) is 102 Å². The SMILES string of the molecule is O=C(NCc1nnc(SCC(=O)N2CCc3ccccc32)n1-c1ccccc1)c1cccc(F)c1. The van der Waals surface area contributed by atoms with Crippen LogP contribution in [0.2, 0.25) is 0 Å². The van der Waals surface area contributed by atoms with Gasteiger partial charge in [-0.2, -0.15) is 0 Å². The molecule has 0 atom stereocenters. The standard InChI is InChI=1S/C26H22FN5O2S/c27-20-9-6-8-19(15-20)25(34)28-16-23-29-30-26(32(23)21-10-2-1-3-11-21)35-17-24(33)31-14-13-18-7-4-5-12-22(18)31/h1-12,15H,13-14,16-17H2,(H,28,34). The molecule has 1 aliphatic heterocycles. The Bertz CT molecular complexity index is 1380. The lowest BCUT2D eigenvalue weighted by atomic mass is 10.2. The molecular weight excluding hydrogens is 465 g/mol. The minimum absolute atomic E-state index is 0.00326. The van der Waals surface area contributed by atoms with E-state index in [1.807, 2.05) is 64.1 Å². The summed E-state index contributed by atoms with van der Waals surface area (Å²) in [5.41, 5.74) is 3.17. The van der Waals surface area contributed by atoms with Crippen molar-refractivity contribution in [1.82, 2.24) is 20.1 Å². The molecule has 0 bridgehead atoms. The van der Waals surface area contributed by atoms with E-state index in [-0.39, 0.29) is 23.8 Å². The minimum atomic E-state index is -0.478. The smallest absolute Gasteiger partial charge is 0.251 e. The number of nitrogens with one attached hydrogen (secondary N) is 1. The highest BCUT2D eigenvalue weighted by molar-refractivity contribution is 7.99. The van der Waals surface area contributed by atoms with Crippen LogP contribution in [0.15, 0.2) is 84.0 Å². The normalized spacial score (nSPS) is 12.4. The van der Waals surface area contributed by atoms with E-state index in [4.69, 9.17) is 0 Å². The predicted octanol–water partition coefficient (Wildman–Crippen LogP) is 4.02. The van der Waals surface area contributed by atoms with Gasteiger partial charge >= 0.3 is 0 Å². The highest BCUT2D eigenvalue weighted by atomic mass is 32.2. The second-order valence-electron chi connectivity index (χ2n) is 7.98. The van der Waals surface area contributed by atoms with Crippen LogP contribution in [0.4, 0.5) is 10.1 Å². The summed E-state index contributed by atoms with van der Waals surface area (Å²) >= 11 is 1.30. The topological polar surface area (TPSA) is 80.1 Å². The van der Waals surface area contributed by atoms with Crippen molar-refractivity contribution in [2.75, 3.05) is 17.2 Å². The lowest BCUT2D eigenvalue weighted by Gasteiger charge is -2.17. The van der Waals surface area contributed by atoms with Crippen molar-refractivity contribution in [2.24, 2.45) is 0 Å². The zero-order valence-electron chi connectivity index (χ0n) is 18.7. The van der Waals surface area contributed by atoms with Gasteiger partial charge in [0.25, 0.3) is 5.91 Å². The number of amides is 2. The number of hydrogen-bond donors (Lipinski definition) is 1. The van der Waals surface area contributed by atoms with Crippen molar-refractivity contribution in [2.45, 2.75) is 18.1 Å². The third-order valence-electron chi connectivity index (χ3n) is 5.72. The van der Waals surface area contributed by atoms with E-state index in [9.17, 15) is 14.0 Å². The zero-order valence-corrected chi connectivity index (χ0v) is 19.5. The molecule has 0 saturated heterocycles. The van der Waals surface area contributed by atoms with Crippen LogP contribution in [0.5, 0.6) is 0 Å². The van der Waals surface area contributed by atoms with Gasteiger partial charge in [0.2, 0.25) is 5.91 Å². The van der Waals surface area contributed by atoms with Crippen LogP contribution in [0.1, 0.15) is 21.7 Å². The van der Waals surface area contributed by atoms with Gasteiger partial charge in [0.15, 0.2) is 11.0 Å². The maximum Gasteiger partial charge on any atom is 0.251 e. The number of hydrogen-bond acceptors (Lipinski definition) is 5. The molecule has 1 aliphatic rings. The second-order valence-corrected chi connectivity index (χ2v) is 8.92. The van der Waals surface area contributed by atoms with Gasteiger partial charge in [-0.25, -0.2) is 4.39 Å². The predicted molar refractivity (Wildman–Crippen MR) is 132 cm³/mol. The highest BCUT2D eigenvalue weighted by Gasteiger charge is 2.25. The molecule has 7 nitrogen and oxygen atoms in total. The molecule has 5 rings (SSSR count). The number of carbonyl (C=O) groups excluding carboxylic acids is 2. The summed E-state index contributed by atoms with van der Waals surface area (Å²) in [6.07, 6.45) is 0.849. The fourth-order valence-corrected chi connectivity index (χ4v) is 4.88. The van der Waals surface area contributed by atoms with E-state index >= 15 is 0 Å². The summed E-state index contributed by atoms with van der Waals surface area (Å²) in [6.45, 7) is 0.757. The Labute approximate surface area is 206 Å². The van der Waals surface area contributed by atoms with Gasteiger partial charge in [-0.1, -0.05) is 54.2 Å². The fraction of sp³-hybridized carbons (Fsp3) is 0.154. The Morgan fingerprint density at radius 3 is 2.60 bits per heavy atom. The number of aromatic nitrogens is 3. The molecule has 0 spiro atoms. The van der Waals surface area contributed by atoms with Crippen LogP contribution >= 0.6 is 11.8 Å². The number of para-hydroxylation sites is 2. The number of benzene rings is 3. The Morgan fingerprint density at radius 1 is 0.971 bits per heavy atom. The van der Waals surface area contributed by atoms with Crippen LogP contribution in [-0.2, 0) is 17.8 Å². The largest absolute Gasteiger partial charge is 0.345 e. The van der Waals surface area contributed by atoms with Gasteiger partial charge in [-0.05, 0) is 48.4 Å². The second kappa shape index (κ2) is 10.1. The van der Waals surface area contributed by atoms with E-state index in [0.29, 0.717) is 17.5 Å². The number of carbonyl (C=O) groups is 2. The maximum absolute atomic E-state index is 13.5. The molecule has 9 heteroatoms. The summed E-state index contributed by atoms with van der Waals surface area (Å²) in [6, 6.07) is 22.9. The molecule has 4 aromatic rings. The molecule has 0 radical (unpaired) electrons. The van der Waals surface area contributed by atoms with E-state index in [1.165, 1.54) is 35.5 Å². The number of fused-ring (bicyclic) bond motifs is 1. The molecule has 0 fully saturated rings. The summed E-state index contributed by atoms with van der Waals surface area (Å²) in [4.78, 5) is 27.3. The first kappa shape index (κ1) is 22.8. The minimum Gasteiger partial charge on any atom is -0.345 e. The third-order valence-corrected chi connectivity index (χ3v) is 6.64. The van der Waals surface area contributed by atoms with E-state index in [1.54, 1.807) is 6.07 Å². The first-order chi connectivity index (χ1) is 17.1. The fourth-order valence-electron chi connectivity index (χ4n) is 4.04. The van der Waals surface area contributed by atoms with Crippen molar-refractivity contribution in [1.29, 1.82) is 0 Å². The number of anilines is 1. The molecule has 2 heterocycles. The molecule has 0 unspecified atom stereocenters. The number of thioether (sulfide) groups is 1. The van der Waals surface area contributed by atoms with Crippen LogP contribution < -0.4 is 10.2 Å². The first-order valence-corrected chi connectivity index (χ1v) is 12.1. The molecule has 1 aromatic heterocycles. The number of rotatable bonds is 7. The number of nitrogens with zero attached hydrogens (tertiary/aromatic N) is 4. The Kier molecular flexibility index (Phi) is 6.58.